The van der Waals surface area contributed by atoms with Gasteiger partial charge >= 0.3 is 0 Å². The lowest BCUT2D eigenvalue weighted by Crippen LogP contribution is -2.49. The Morgan fingerprint density at radius 1 is 1.26 bits per heavy atom. The van der Waals surface area contributed by atoms with Crippen molar-refractivity contribution in [2.24, 2.45) is 5.92 Å². The molecule has 3 aromatic heterocycles. The van der Waals surface area contributed by atoms with Crippen molar-refractivity contribution in [3.8, 4) is 5.75 Å². The number of amides is 1. The number of rotatable bonds is 4. The normalized spacial score (nSPS) is 23.8. The van der Waals surface area contributed by atoms with E-state index in [0.29, 0.717) is 23.7 Å². The maximum absolute atomic E-state index is 13.4. The van der Waals surface area contributed by atoms with Gasteiger partial charge in [-0.1, -0.05) is 0 Å². The predicted octanol–water partition coefficient (Wildman–Crippen LogP) is 3.34. The number of hydrogen-bond donors (Lipinski definition) is 2. The average Bonchev–Trinajstić information content (AvgIpc) is 3.64. The van der Waals surface area contributed by atoms with Crippen LogP contribution in [0.4, 0.5) is 11.5 Å². The molecule has 4 aromatic rings. The van der Waals surface area contributed by atoms with E-state index in [1.54, 1.807) is 31.0 Å². The molecule has 10 heteroatoms. The van der Waals surface area contributed by atoms with Gasteiger partial charge in [0.2, 0.25) is 5.91 Å². The van der Waals surface area contributed by atoms with Crippen LogP contribution in [0.1, 0.15) is 23.3 Å². The third-order valence-electron chi connectivity index (χ3n) is 8.01. The summed E-state index contributed by atoms with van der Waals surface area (Å²) in [5, 5.41) is 12.7. The maximum Gasteiger partial charge on any atom is 0.226 e. The van der Waals surface area contributed by atoms with Crippen LogP contribution < -0.4 is 10.1 Å². The monoisotopic (exact) mass is 489 g/mol. The number of H-pyrrole nitrogens is 1. The molecule has 1 amide bonds. The number of anilines is 2. The molecule has 2 N–H and O–H groups in total. The van der Waals surface area contributed by atoms with Crippen LogP contribution in [0.2, 0.25) is 0 Å². The summed E-state index contributed by atoms with van der Waals surface area (Å²) in [5.41, 5.74) is 3.03. The molecule has 3 atom stereocenters. The molecule has 7 rings (SSSR count). The van der Waals surface area contributed by atoms with Gasteiger partial charge in [0.05, 0.1) is 29.9 Å². The number of aromatic amines is 1. The van der Waals surface area contributed by atoms with Crippen LogP contribution in [0, 0.1) is 5.92 Å². The third kappa shape index (κ3) is 3.30. The van der Waals surface area contributed by atoms with Crippen molar-refractivity contribution in [2.45, 2.75) is 37.8 Å². The smallest absolute Gasteiger partial charge is 0.226 e. The number of aryl methyl sites for hydroxylation is 1. The molecule has 2 aliphatic heterocycles. The fourth-order valence-corrected chi connectivity index (χ4v) is 7.42. The minimum absolute atomic E-state index is 0.0631. The summed E-state index contributed by atoms with van der Waals surface area (Å²) in [4.78, 5) is 29.4. The summed E-state index contributed by atoms with van der Waals surface area (Å²) in [6.07, 6.45) is 7.07. The summed E-state index contributed by atoms with van der Waals surface area (Å²) >= 11 is 1.70. The van der Waals surface area contributed by atoms with Gasteiger partial charge in [-0.05, 0) is 44.4 Å². The number of carbonyl (C=O) groups excluding carboxylic acids is 1. The molecule has 0 spiro atoms. The number of nitrogens with zero attached hydrogens (tertiary/aromatic N) is 5. The molecule has 35 heavy (non-hydrogen) atoms. The molecule has 3 aliphatic rings. The Morgan fingerprint density at radius 3 is 2.97 bits per heavy atom. The first-order chi connectivity index (χ1) is 17.1. The van der Waals surface area contributed by atoms with Crippen molar-refractivity contribution in [1.29, 1.82) is 0 Å². The van der Waals surface area contributed by atoms with Crippen molar-refractivity contribution < 1.29 is 9.53 Å². The van der Waals surface area contributed by atoms with Gasteiger partial charge in [0, 0.05) is 47.4 Å². The predicted molar refractivity (Wildman–Crippen MR) is 135 cm³/mol. The molecule has 0 radical (unpaired) electrons. The van der Waals surface area contributed by atoms with Gasteiger partial charge in [0.1, 0.15) is 22.7 Å². The van der Waals surface area contributed by atoms with E-state index in [2.05, 4.69) is 42.3 Å². The number of nitrogens with one attached hydrogen (secondary N) is 2. The highest BCUT2D eigenvalue weighted by atomic mass is 32.1. The van der Waals surface area contributed by atoms with Gasteiger partial charge in [0.25, 0.3) is 0 Å². The molecule has 1 aromatic carbocycles. The zero-order chi connectivity index (χ0) is 23.7. The summed E-state index contributed by atoms with van der Waals surface area (Å²) in [6, 6.07) is 4.88. The summed E-state index contributed by atoms with van der Waals surface area (Å²) in [5.74, 6) is 1.90. The van der Waals surface area contributed by atoms with E-state index in [1.807, 2.05) is 12.1 Å². The summed E-state index contributed by atoms with van der Waals surface area (Å²) < 4.78 is 5.62. The Balaban J connectivity index is 1.19. The number of fused-ring (bicyclic) bond motifs is 6. The zero-order valence-electron chi connectivity index (χ0n) is 19.7. The molecule has 180 valence electrons. The van der Waals surface area contributed by atoms with Gasteiger partial charge in [-0.2, -0.15) is 5.10 Å². The number of aromatic nitrogens is 4. The molecular formula is C25H27N7O2S. The van der Waals surface area contributed by atoms with Crippen molar-refractivity contribution in [3.05, 3.63) is 35.1 Å². The number of benzene rings is 1. The number of methoxy groups -OCH3 is 1. The first kappa shape index (κ1) is 21.1. The average molecular weight is 490 g/mol. The van der Waals surface area contributed by atoms with Crippen LogP contribution in [0.25, 0.3) is 21.1 Å². The van der Waals surface area contributed by atoms with Crippen molar-refractivity contribution in [3.63, 3.8) is 0 Å². The SMILES string of the molecule is COc1cc2[nH]ncc2cc1Nc1ncnc2sc3c(c12)CC[C@H](C(=O)N1CC2C[C@@H]1CN2C)C3. The minimum atomic E-state index is 0.0631. The highest BCUT2D eigenvalue weighted by molar-refractivity contribution is 7.19. The Hall–Kier alpha value is -3.24. The van der Waals surface area contributed by atoms with Gasteiger partial charge in [-0.15, -0.1) is 11.3 Å². The van der Waals surface area contributed by atoms with E-state index in [9.17, 15) is 4.79 Å². The van der Waals surface area contributed by atoms with Crippen LogP contribution >= 0.6 is 11.3 Å². The van der Waals surface area contributed by atoms with Crippen LogP contribution in [-0.2, 0) is 17.6 Å². The van der Waals surface area contributed by atoms with Gasteiger partial charge in [0.15, 0.2) is 0 Å². The molecular weight excluding hydrogens is 462 g/mol. The summed E-state index contributed by atoms with van der Waals surface area (Å²) in [7, 11) is 3.83. The molecule has 9 nitrogen and oxygen atoms in total. The van der Waals surface area contributed by atoms with E-state index in [4.69, 9.17) is 4.74 Å². The quantitative estimate of drug-likeness (QED) is 0.454. The number of likely N-dealkylation sites (tertiary alicyclic amines) is 2. The molecule has 2 saturated heterocycles. The van der Waals surface area contributed by atoms with Crippen molar-refractivity contribution in [1.82, 2.24) is 30.0 Å². The minimum Gasteiger partial charge on any atom is -0.494 e. The van der Waals surface area contributed by atoms with Crippen LogP contribution in [0.15, 0.2) is 24.7 Å². The van der Waals surface area contributed by atoms with Crippen LogP contribution in [0.5, 0.6) is 5.75 Å². The fourth-order valence-electron chi connectivity index (χ4n) is 6.15. The highest BCUT2D eigenvalue weighted by Gasteiger charge is 2.45. The van der Waals surface area contributed by atoms with E-state index < -0.39 is 0 Å². The van der Waals surface area contributed by atoms with E-state index in [0.717, 1.165) is 71.4 Å². The molecule has 1 aliphatic carbocycles. The van der Waals surface area contributed by atoms with E-state index >= 15 is 0 Å². The largest absolute Gasteiger partial charge is 0.494 e. The standard InChI is InChI=1S/C25H27N7O2S/c1-31-10-16-7-15(31)11-32(16)25(33)13-3-4-17-21(6-13)35-24-22(17)23(26-12-27-24)29-19-5-14-9-28-30-18(14)8-20(19)34-2/h5,8-9,12-13,15-16H,3-4,6-7,10-11H2,1-2H3,(H,28,30)(H,26,27,29)/t13-,15?,16+/m0/s1. The first-order valence-corrected chi connectivity index (χ1v) is 12.9. The Labute approximate surface area is 206 Å². The number of carbonyl (C=O) groups is 1. The molecule has 5 heterocycles. The van der Waals surface area contributed by atoms with Gasteiger partial charge in [-0.25, -0.2) is 9.97 Å². The topological polar surface area (TPSA) is 99.3 Å². The third-order valence-corrected chi connectivity index (χ3v) is 9.17. The first-order valence-electron chi connectivity index (χ1n) is 12.1. The molecule has 1 unspecified atom stereocenters. The maximum atomic E-state index is 13.4. The molecule has 2 fully saturated rings. The van der Waals surface area contributed by atoms with Gasteiger partial charge < -0.3 is 15.0 Å². The highest BCUT2D eigenvalue weighted by Crippen LogP contribution is 2.42. The Kier molecular flexibility index (Phi) is 4.75. The Morgan fingerprint density at radius 2 is 2.17 bits per heavy atom. The fraction of sp³-hybridized carbons (Fsp3) is 0.440. The number of likely N-dealkylation sites (N-methyl/N-ethyl adjacent to an activating group) is 1. The van der Waals surface area contributed by atoms with Crippen LogP contribution in [-0.4, -0.2) is 75.2 Å². The van der Waals surface area contributed by atoms with Crippen molar-refractivity contribution in [2.75, 3.05) is 32.6 Å². The summed E-state index contributed by atoms with van der Waals surface area (Å²) in [6.45, 7) is 1.90. The Bertz CT molecular complexity index is 1460. The number of thiophene rings is 1. The van der Waals surface area contributed by atoms with Crippen LogP contribution in [0.3, 0.4) is 0 Å². The van der Waals surface area contributed by atoms with E-state index in [1.165, 1.54) is 10.4 Å². The zero-order valence-corrected chi connectivity index (χ0v) is 20.6. The lowest BCUT2D eigenvalue weighted by molar-refractivity contribution is -0.138. The molecule has 2 bridgehead atoms. The van der Waals surface area contributed by atoms with E-state index in [-0.39, 0.29) is 5.92 Å². The lowest BCUT2D eigenvalue weighted by Gasteiger charge is -2.35. The number of piperazine rings is 1. The van der Waals surface area contributed by atoms with Gasteiger partial charge in [-0.3, -0.25) is 14.8 Å². The van der Waals surface area contributed by atoms with Crippen molar-refractivity contribution >= 4 is 49.9 Å². The second-order valence-corrected chi connectivity index (χ2v) is 11.0. The second-order valence-electron chi connectivity index (χ2n) is 9.95. The number of ether oxygens (including phenoxy) is 1. The lowest BCUT2D eigenvalue weighted by atomic mass is 9.86. The number of hydrogen-bond acceptors (Lipinski definition) is 8. The molecule has 0 saturated carbocycles. The second kappa shape index (κ2) is 7.89.